The minimum Gasteiger partial charge on any atom is -0.463 e. The van der Waals surface area contributed by atoms with E-state index in [1.54, 1.807) is 54.5 Å². The molecule has 0 spiro atoms. The Bertz CT molecular complexity index is 1770. The molecule has 0 bridgehead atoms. The van der Waals surface area contributed by atoms with Gasteiger partial charge in [-0.15, -0.1) is 11.8 Å². The van der Waals surface area contributed by atoms with E-state index in [1.807, 2.05) is 48.7 Å². The Balaban J connectivity index is 1.59. The van der Waals surface area contributed by atoms with E-state index in [-0.39, 0.29) is 17.9 Å². The Morgan fingerprint density at radius 2 is 1.82 bits per heavy atom. The zero-order valence-electron chi connectivity index (χ0n) is 21.9. The van der Waals surface area contributed by atoms with Crippen molar-refractivity contribution in [2.75, 3.05) is 12.9 Å². The largest absolute Gasteiger partial charge is 0.463 e. The Labute approximate surface area is 233 Å². The summed E-state index contributed by atoms with van der Waals surface area (Å²) in [7, 11) is 0. The third-order valence-electron chi connectivity index (χ3n) is 6.42. The van der Waals surface area contributed by atoms with E-state index >= 15 is 0 Å². The van der Waals surface area contributed by atoms with Crippen LogP contribution in [0.4, 0.5) is 0 Å². The second-order valence-electron chi connectivity index (χ2n) is 8.91. The number of benzene rings is 2. The number of nitrogens with zero attached hydrogens (tertiary/aromatic N) is 2. The van der Waals surface area contributed by atoms with Gasteiger partial charge in [0, 0.05) is 22.1 Å². The van der Waals surface area contributed by atoms with Gasteiger partial charge in [0.15, 0.2) is 10.6 Å². The number of Topliss-reactive ketones (excluding diaryl/α,β-unsaturated/α-hetero) is 1. The van der Waals surface area contributed by atoms with Gasteiger partial charge >= 0.3 is 5.97 Å². The van der Waals surface area contributed by atoms with Crippen LogP contribution in [0.1, 0.15) is 48.5 Å². The van der Waals surface area contributed by atoms with Gasteiger partial charge in [-0.2, -0.15) is 0 Å². The van der Waals surface area contributed by atoms with Gasteiger partial charge in [0.1, 0.15) is 11.5 Å². The fraction of sp³-hybridized carbons (Fsp3) is 0.200. The first kappa shape index (κ1) is 26.6. The summed E-state index contributed by atoms with van der Waals surface area (Å²) in [6.45, 7) is 5.26. The molecule has 2 aromatic carbocycles. The van der Waals surface area contributed by atoms with Gasteiger partial charge in [0.05, 0.1) is 28.5 Å². The number of hydrogen-bond donors (Lipinski definition) is 0. The fourth-order valence-electron chi connectivity index (χ4n) is 4.48. The number of rotatable bonds is 7. The van der Waals surface area contributed by atoms with Gasteiger partial charge in [0.2, 0.25) is 0 Å². The van der Waals surface area contributed by atoms with Crippen LogP contribution in [0.25, 0.3) is 17.4 Å². The molecule has 0 fully saturated rings. The molecule has 0 amide bonds. The predicted molar refractivity (Wildman–Crippen MR) is 153 cm³/mol. The molecule has 198 valence electrons. The lowest BCUT2D eigenvalue weighted by Gasteiger charge is -2.24. The number of thioether (sulfide) groups is 1. The molecule has 0 aliphatic carbocycles. The number of aromatic nitrogens is 1. The first-order valence-corrected chi connectivity index (χ1v) is 14.4. The SMILES string of the molecule is CCOC(=O)C1=C(C)N=c2s/c(=C\c3ccc(-c4ccc(C(C)=O)cc4)o3)c(=O)n2[C@@H]1c1ccc(SC)cc1. The van der Waals surface area contributed by atoms with Crippen LogP contribution in [-0.2, 0) is 9.53 Å². The molecule has 1 aliphatic heterocycles. The molecule has 1 atom stereocenters. The van der Waals surface area contributed by atoms with E-state index < -0.39 is 12.0 Å². The smallest absolute Gasteiger partial charge is 0.338 e. The van der Waals surface area contributed by atoms with Crippen LogP contribution in [0, 0.1) is 0 Å². The van der Waals surface area contributed by atoms with Crippen molar-refractivity contribution >= 4 is 40.9 Å². The van der Waals surface area contributed by atoms with Gasteiger partial charge in [-0.1, -0.05) is 47.7 Å². The summed E-state index contributed by atoms with van der Waals surface area (Å²) >= 11 is 2.86. The minimum absolute atomic E-state index is 0.00286. The van der Waals surface area contributed by atoms with Crippen LogP contribution in [0.15, 0.2) is 91.0 Å². The van der Waals surface area contributed by atoms with Crippen LogP contribution in [-0.4, -0.2) is 29.2 Å². The average molecular weight is 559 g/mol. The van der Waals surface area contributed by atoms with Crippen molar-refractivity contribution < 1.29 is 18.7 Å². The lowest BCUT2D eigenvalue weighted by molar-refractivity contribution is -0.139. The fourth-order valence-corrected chi connectivity index (χ4v) is 5.91. The molecule has 0 saturated heterocycles. The molecular weight excluding hydrogens is 532 g/mol. The molecular formula is C30H26N2O5S2. The zero-order valence-corrected chi connectivity index (χ0v) is 23.5. The average Bonchev–Trinajstić information content (AvgIpc) is 3.52. The Morgan fingerprint density at radius 3 is 2.46 bits per heavy atom. The van der Waals surface area contributed by atoms with Crippen molar-refractivity contribution in [3.05, 3.63) is 109 Å². The normalized spacial score (nSPS) is 15.2. The molecule has 2 aromatic heterocycles. The lowest BCUT2D eigenvalue weighted by atomic mass is 9.96. The van der Waals surface area contributed by atoms with Gasteiger partial charge in [0.25, 0.3) is 5.56 Å². The number of thiazole rings is 1. The maximum Gasteiger partial charge on any atom is 0.338 e. The van der Waals surface area contributed by atoms with Gasteiger partial charge in [-0.25, -0.2) is 9.79 Å². The number of hydrogen-bond acceptors (Lipinski definition) is 8. The number of esters is 1. The maximum absolute atomic E-state index is 13.8. The highest BCUT2D eigenvalue weighted by molar-refractivity contribution is 7.98. The van der Waals surface area contributed by atoms with Crippen molar-refractivity contribution in [2.45, 2.75) is 31.7 Å². The van der Waals surface area contributed by atoms with Crippen LogP contribution >= 0.6 is 23.1 Å². The van der Waals surface area contributed by atoms with Crippen molar-refractivity contribution in [3.8, 4) is 11.3 Å². The van der Waals surface area contributed by atoms with Gasteiger partial charge in [-0.05, 0) is 56.9 Å². The van der Waals surface area contributed by atoms with Crippen molar-refractivity contribution in [1.29, 1.82) is 0 Å². The van der Waals surface area contributed by atoms with E-state index in [0.717, 1.165) is 16.0 Å². The number of carbonyl (C=O) groups is 2. The summed E-state index contributed by atoms with van der Waals surface area (Å²) in [5.41, 5.74) is 2.85. The summed E-state index contributed by atoms with van der Waals surface area (Å²) in [4.78, 5) is 44.6. The lowest BCUT2D eigenvalue weighted by Crippen LogP contribution is -2.39. The van der Waals surface area contributed by atoms with Gasteiger partial charge in [-0.3, -0.25) is 14.2 Å². The highest BCUT2D eigenvalue weighted by atomic mass is 32.2. The second-order valence-corrected chi connectivity index (χ2v) is 10.8. The molecule has 7 nitrogen and oxygen atoms in total. The highest BCUT2D eigenvalue weighted by Crippen LogP contribution is 2.31. The third kappa shape index (κ3) is 5.20. The molecule has 3 heterocycles. The zero-order chi connectivity index (χ0) is 27.7. The Morgan fingerprint density at radius 1 is 1.10 bits per heavy atom. The first-order chi connectivity index (χ1) is 18.8. The summed E-state index contributed by atoms with van der Waals surface area (Å²) in [5, 5.41) is 0. The summed E-state index contributed by atoms with van der Waals surface area (Å²) in [5.74, 6) is 0.639. The maximum atomic E-state index is 13.8. The molecule has 1 aliphatic rings. The van der Waals surface area contributed by atoms with E-state index in [2.05, 4.69) is 4.99 Å². The highest BCUT2D eigenvalue weighted by Gasteiger charge is 2.33. The van der Waals surface area contributed by atoms with E-state index in [0.29, 0.717) is 37.7 Å². The van der Waals surface area contributed by atoms with Crippen molar-refractivity contribution in [3.63, 3.8) is 0 Å². The Hall–Kier alpha value is -3.95. The van der Waals surface area contributed by atoms with Crippen LogP contribution in [0.5, 0.6) is 0 Å². The Kier molecular flexibility index (Phi) is 7.54. The molecule has 5 rings (SSSR count). The molecule has 0 N–H and O–H groups in total. The topological polar surface area (TPSA) is 90.9 Å². The van der Waals surface area contributed by atoms with E-state index in [9.17, 15) is 14.4 Å². The summed E-state index contributed by atoms with van der Waals surface area (Å²) < 4.78 is 13.4. The number of ketones is 1. The quantitative estimate of drug-likeness (QED) is 0.181. The van der Waals surface area contributed by atoms with Crippen LogP contribution in [0.3, 0.4) is 0 Å². The minimum atomic E-state index is -0.662. The van der Waals surface area contributed by atoms with E-state index in [4.69, 9.17) is 9.15 Å². The standard InChI is InChI=1S/C30H26N2O5S2/c1-5-36-29(35)26-17(2)31-30-32(27(26)21-10-13-23(38-4)14-11-21)28(34)25(39-30)16-22-12-15-24(37-22)20-8-6-19(7-9-20)18(3)33/h6-16,27H,5H2,1-4H3/b25-16-/t27-/m1/s1. The molecule has 0 saturated carbocycles. The number of fused-ring (bicyclic) bond motifs is 1. The number of carbonyl (C=O) groups excluding carboxylic acids is 2. The van der Waals surface area contributed by atoms with Gasteiger partial charge < -0.3 is 9.15 Å². The number of allylic oxidation sites excluding steroid dienone is 1. The number of furan rings is 1. The number of ether oxygens (including phenoxy) is 1. The second kappa shape index (κ2) is 11.0. The summed E-state index contributed by atoms with van der Waals surface area (Å²) in [6.07, 6.45) is 3.68. The first-order valence-electron chi connectivity index (χ1n) is 12.4. The third-order valence-corrected chi connectivity index (χ3v) is 8.15. The monoisotopic (exact) mass is 558 g/mol. The molecule has 39 heavy (non-hydrogen) atoms. The molecule has 0 radical (unpaired) electrons. The van der Waals surface area contributed by atoms with Crippen LogP contribution < -0.4 is 14.9 Å². The molecule has 4 aromatic rings. The van der Waals surface area contributed by atoms with Crippen molar-refractivity contribution in [1.82, 2.24) is 4.57 Å². The molecule has 0 unspecified atom stereocenters. The van der Waals surface area contributed by atoms with Crippen molar-refractivity contribution in [2.24, 2.45) is 4.99 Å². The van der Waals surface area contributed by atoms with E-state index in [1.165, 1.54) is 18.3 Å². The summed E-state index contributed by atoms with van der Waals surface area (Å²) in [6, 6.07) is 17.9. The molecule has 9 heteroatoms. The predicted octanol–water partition coefficient (Wildman–Crippen LogP) is 4.98. The van der Waals surface area contributed by atoms with Crippen LogP contribution in [0.2, 0.25) is 0 Å².